The maximum atomic E-state index is 9.59. The topological polar surface area (TPSA) is 13.1 Å². The van der Waals surface area contributed by atoms with E-state index in [1.54, 1.807) is 48.5 Å². The highest BCUT2D eigenvalue weighted by atomic mass is 16.3. The Morgan fingerprint density at radius 3 is 1.53 bits per heavy atom. The Labute approximate surface area is 297 Å². The Morgan fingerprint density at radius 1 is 0.362 bits per heavy atom. The van der Waals surface area contributed by atoms with Gasteiger partial charge in [-0.05, 0) is 67.1 Å². The SMILES string of the molecule is [2H]c1c([2H])c([2H])c(-c2c3c([2H])c([2H])c([2H])c([2H])c3c(-c3c(-c4c([2H])c([2H])c([2H])c([2H])c4-c4ccccc4)oc4ccc(-c5ccccc5)cc34)c3c([2H])c([2H])c([2H])c([2H])c23)c([2H])c1[2H]. The highest BCUT2D eigenvalue weighted by Crippen LogP contribution is 2.51. The van der Waals surface area contributed by atoms with Crippen LogP contribution < -0.4 is 0 Å². The van der Waals surface area contributed by atoms with Crippen LogP contribution in [0.2, 0.25) is 0 Å². The molecule has 0 unspecified atom stereocenters. The zero-order chi connectivity index (χ0) is 46.0. The van der Waals surface area contributed by atoms with Crippen molar-refractivity contribution in [3.8, 4) is 55.8 Å². The Bertz CT molecular complexity index is 3400. The summed E-state index contributed by atoms with van der Waals surface area (Å²) in [5, 5.41) is -1.39. The monoisotopic (exact) mass is 615 g/mol. The van der Waals surface area contributed by atoms with Gasteiger partial charge >= 0.3 is 0 Å². The Hall–Kier alpha value is -6.18. The van der Waals surface area contributed by atoms with E-state index in [0.29, 0.717) is 11.1 Å². The van der Waals surface area contributed by atoms with Crippen LogP contribution in [0.5, 0.6) is 0 Å². The molecule has 1 aromatic heterocycles. The van der Waals surface area contributed by atoms with Gasteiger partial charge in [-0.2, -0.15) is 0 Å². The number of fused-ring (bicyclic) bond motifs is 3. The normalized spacial score (nSPS) is 16.5. The van der Waals surface area contributed by atoms with E-state index in [-0.39, 0.29) is 49.8 Å². The first-order valence-corrected chi connectivity index (χ1v) is 14.7. The van der Waals surface area contributed by atoms with E-state index < -0.39 is 125 Å². The Balaban J connectivity index is 1.65. The van der Waals surface area contributed by atoms with Crippen molar-refractivity contribution in [1.82, 2.24) is 0 Å². The van der Waals surface area contributed by atoms with Gasteiger partial charge in [-0.15, -0.1) is 0 Å². The lowest BCUT2D eigenvalue weighted by Crippen LogP contribution is -1.92. The highest BCUT2D eigenvalue weighted by molar-refractivity contribution is 6.25. The molecule has 1 heteroatoms. The van der Waals surface area contributed by atoms with Crippen LogP contribution in [0.15, 0.2) is 186 Å². The van der Waals surface area contributed by atoms with Gasteiger partial charge in [0.1, 0.15) is 11.3 Å². The fourth-order valence-electron chi connectivity index (χ4n) is 6.14. The van der Waals surface area contributed by atoms with Gasteiger partial charge in [0, 0.05) is 22.1 Å². The molecule has 0 aliphatic carbocycles. The summed E-state index contributed by atoms with van der Waals surface area (Å²) in [6.45, 7) is 0. The van der Waals surface area contributed by atoms with E-state index >= 15 is 0 Å². The molecular formula is C46H30O. The maximum absolute atomic E-state index is 9.59. The van der Waals surface area contributed by atoms with Gasteiger partial charge < -0.3 is 4.42 Å². The summed E-state index contributed by atoms with van der Waals surface area (Å²) >= 11 is 0. The van der Waals surface area contributed by atoms with Crippen molar-refractivity contribution in [2.75, 3.05) is 0 Å². The molecule has 0 saturated heterocycles. The second-order valence-corrected chi connectivity index (χ2v) is 10.7. The third kappa shape index (κ3) is 4.56. The first-order valence-electron chi connectivity index (χ1n) is 23.2. The number of furan rings is 1. The highest BCUT2D eigenvalue weighted by Gasteiger charge is 2.25. The molecule has 47 heavy (non-hydrogen) atoms. The molecule has 0 atom stereocenters. The molecule has 1 nitrogen and oxygen atoms in total. The van der Waals surface area contributed by atoms with Crippen LogP contribution in [0.1, 0.15) is 23.3 Å². The quantitative estimate of drug-likeness (QED) is 0.176. The zero-order valence-electron chi connectivity index (χ0n) is 41.4. The van der Waals surface area contributed by atoms with Crippen LogP contribution in [-0.4, -0.2) is 0 Å². The summed E-state index contributed by atoms with van der Waals surface area (Å²) < 4.78 is 160. The summed E-state index contributed by atoms with van der Waals surface area (Å²) in [6.07, 6.45) is 0. The van der Waals surface area contributed by atoms with Crippen LogP contribution in [-0.2, 0) is 0 Å². The number of rotatable bonds is 5. The van der Waals surface area contributed by atoms with Crippen LogP contribution in [0, 0.1) is 0 Å². The molecule has 0 bridgehead atoms. The van der Waals surface area contributed by atoms with Gasteiger partial charge in [0.25, 0.3) is 0 Å². The molecule has 0 amide bonds. The molecule has 0 fully saturated rings. The third-order valence-corrected chi connectivity index (χ3v) is 8.15. The summed E-state index contributed by atoms with van der Waals surface area (Å²) in [6, 6.07) is 10.4. The van der Waals surface area contributed by atoms with Crippen LogP contribution in [0.3, 0.4) is 0 Å². The van der Waals surface area contributed by atoms with Gasteiger partial charge in [-0.3, -0.25) is 0 Å². The maximum Gasteiger partial charge on any atom is 0.143 e. The predicted molar refractivity (Wildman–Crippen MR) is 198 cm³/mol. The van der Waals surface area contributed by atoms with Crippen molar-refractivity contribution in [2.45, 2.75) is 0 Å². The Kier molecular flexibility index (Phi) is 3.60. The van der Waals surface area contributed by atoms with Crippen molar-refractivity contribution in [3.05, 3.63) is 182 Å². The summed E-state index contributed by atoms with van der Waals surface area (Å²) in [7, 11) is 0. The van der Waals surface area contributed by atoms with Gasteiger partial charge in [0.05, 0.1) is 23.3 Å². The van der Waals surface area contributed by atoms with Crippen LogP contribution in [0.25, 0.3) is 88.3 Å². The van der Waals surface area contributed by atoms with Gasteiger partial charge in [-0.1, -0.05) is 169 Å². The molecule has 0 saturated carbocycles. The van der Waals surface area contributed by atoms with Crippen LogP contribution >= 0.6 is 0 Å². The first-order chi connectivity index (χ1) is 30.4. The lowest BCUT2D eigenvalue weighted by molar-refractivity contribution is 0.633. The fourth-order valence-corrected chi connectivity index (χ4v) is 6.14. The molecule has 0 radical (unpaired) electrons. The Morgan fingerprint density at radius 2 is 0.894 bits per heavy atom. The minimum Gasteiger partial charge on any atom is -0.455 e. The minimum absolute atomic E-state index is 0.00311. The number of hydrogen-bond acceptors (Lipinski definition) is 1. The van der Waals surface area contributed by atoms with E-state index in [1.165, 1.54) is 0 Å². The summed E-state index contributed by atoms with van der Waals surface area (Å²) in [5.41, 5.74) is 0.340. The van der Waals surface area contributed by atoms with Crippen molar-refractivity contribution in [2.24, 2.45) is 0 Å². The number of benzene rings is 8. The van der Waals surface area contributed by atoms with Crippen molar-refractivity contribution in [1.29, 1.82) is 0 Å². The molecule has 9 rings (SSSR count). The molecule has 1 heterocycles. The van der Waals surface area contributed by atoms with E-state index in [4.69, 9.17) is 19.5 Å². The minimum atomic E-state index is -0.800. The molecule has 0 spiro atoms. The molecule has 8 aromatic carbocycles. The van der Waals surface area contributed by atoms with Gasteiger partial charge in [0.2, 0.25) is 0 Å². The first kappa shape index (κ1) is 14.9. The average molecular weight is 616 g/mol. The zero-order valence-corrected chi connectivity index (χ0v) is 24.4. The van der Waals surface area contributed by atoms with Crippen molar-refractivity contribution in [3.63, 3.8) is 0 Å². The predicted octanol–water partition coefficient (Wildman–Crippen LogP) is 13.1. The summed E-state index contributed by atoms with van der Waals surface area (Å²) in [4.78, 5) is 0. The lowest BCUT2D eigenvalue weighted by Gasteiger charge is -2.18. The summed E-state index contributed by atoms with van der Waals surface area (Å²) in [5.74, 6) is -0.232. The van der Waals surface area contributed by atoms with Crippen molar-refractivity contribution >= 4 is 32.5 Å². The molecule has 0 aliphatic rings. The fraction of sp³-hybridized carbons (Fsp3) is 0. The third-order valence-electron chi connectivity index (χ3n) is 8.15. The van der Waals surface area contributed by atoms with Gasteiger partial charge in [0.15, 0.2) is 0 Å². The van der Waals surface area contributed by atoms with E-state index in [1.807, 2.05) is 30.3 Å². The van der Waals surface area contributed by atoms with Crippen LogP contribution in [0.4, 0.5) is 0 Å². The van der Waals surface area contributed by atoms with Crippen molar-refractivity contribution < 1.29 is 27.7 Å². The molecule has 0 aliphatic heterocycles. The largest absolute Gasteiger partial charge is 0.455 e. The van der Waals surface area contributed by atoms with E-state index in [2.05, 4.69) is 0 Å². The average Bonchev–Trinajstić information content (AvgIpc) is 3.68. The molecule has 9 aromatic rings. The smallest absolute Gasteiger partial charge is 0.143 e. The second-order valence-electron chi connectivity index (χ2n) is 10.7. The standard InChI is InChI=1S/C46H30O/c1-4-16-31(17-5-1)34-28-29-42-41(30-34)45(46(47-42)40-27-15-10-22-35(40)32-18-6-2-7-19-32)44-38-25-13-11-23-36(38)43(33-20-8-3-9-21-33)37-24-12-14-26-39(37)44/h1-30H/i3D,8D,9D,10D,11D,12D,13D,14D,15D,20D,21D,22D,23D,24D,25D,26D,27D. The number of hydrogen-bond donors (Lipinski definition) is 0. The van der Waals surface area contributed by atoms with E-state index in [0.717, 1.165) is 5.56 Å². The molecular weight excluding hydrogens is 569 g/mol. The van der Waals surface area contributed by atoms with Gasteiger partial charge in [-0.25, -0.2) is 0 Å². The molecule has 0 N–H and O–H groups in total. The molecule has 220 valence electrons. The van der Waals surface area contributed by atoms with E-state index in [9.17, 15) is 8.22 Å². The second kappa shape index (κ2) is 11.3. The lowest BCUT2D eigenvalue weighted by atomic mass is 9.84.